The topological polar surface area (TPSA) is 75.7 Å². The molecule has 1 aliphatic heterocycles. The molecule has 1 heterocycles. The van der Waals surface area contributed by atoms with E-state index < -0.39 is 29.9 Å². The second-order valence-corrected chi connectivity index (χ2v) is 8.80. The Hall–Kier alpha value is -3.22. The van der Waals surface area contributed by atoms with E-state index in [-0.39, 0.29) is 36.7 Å². The lowest BCUT2D eigenvalue weighted by Gasteiger charge is -2.31. The normalized spacial score (nSPS) is 24.4. The van der Waals surface area contributed by atoms with Gasteiger partial charge in [0.05, 0.1) is 18.6 Å². The first kappa shape index (κ1) is 23.0. The first-order valence-electron chi connectivity index (χ1n) is 11.5. The number of nitrogens with zero attached hydrogens (tertiary/aromatic N) is 1. The summed E-state index contributed by atoms with van der Waals surface area (Å²) in [6.07, 6.45) is 1.58. The van der Waals surface area contributed by atoms with Crippen LogP contribution in [0.3, 0.4) is 0 Å². The third-order valence-corrected chi connectivity index (χ3v) is 6.53. The number of carbonyl (C=O) groups is 3. The Bertz CT molecular complexity index is 1010. The quantitative estimate of drug-likeness (QED) is 0.651. The molecule has 4 rings (SSSR count). The van der Waals surface area contributed by atoms with Crippen LogP contribution in [0.1, 0.15) is 43.9 Å². The number of halogens is 1. The zero-order valence-corrected chi connectivity index (χ0v) is 18.9. The monoisotopic (exact) mass is 452 g/mol. The molecule has 2 fully saturated rings. The summed E-state index contributed by atoms with van der Waals surface area (Å²) in [5, 5.41) is 2.89. The molecule has 6 nitrogen and oxygen atoms in total. The number of likely N-dealkylation sites (tertiary alicyclic amines) is 1. The molecule has 1 N–H and O–H groups in total. The van der Waals surface area contributed by atoms with Gasteiger partial charge in [-0.05, 0) is 43.0 Å². The number of ether oxygens (including phenoxy) is 1. The fourth-order valence-corrected chi connectivity index (χ4v) is 4.76. The summed E-state index contributed by atoms with van der Waals surface area (Å²) in [5.74, 6) is -2.38. The van der Waals surface area contributed by atoms with Gasteiger partial charge < -0.3 is 15.0 Å². The van der Waals surface area contributed by atoms with Crippen molar-refractivity contribution in [3.05, 3.63) is 71.5 Å². The Morgan fingerprint density at radius 2 is 1.73 bits per heavy atom. The van der Waals surface area contributed by atoms with Crippen LogP contribution in [0.25, 0.3) is 0 Å². The van der Waals surface area contributed by atoms with Crippen molar-refractivity contribution in [3.8, 4) is 0 Å². The summed E-state index contributed by atoms with van der Waals surface area (Å²) in [6, 6.07) is 13.9. The highest BCUT2D eigenvalue weighted by Crippen LogP contribution is 2.48. The van der Waals surface area contributed by atoms with Gasteiger partial charge in [0.2, 0.25) is 11.8 Å². The van der Waals surface area contributed by atoms with E-state index in [1.54, 1.807) is 24.0 Å². The van der Waals surface area contributed by atoms with E-state index in [4.69, 9.17) is 4.74 Å². The van der Waals surface area contributed by atoms with Gasteiger partial charge in [0.15, 0.2) is 0 Å². The number of carbonyl (C=O) groups excluding carboxylic acids is 3. The zero-order valence-electron chi connectivity index (χ0n) is 18.9. The lowest BCUT2D eigenvalue weighted by Crippen LogP contribution is -2.49. The predicted octanol–water partition coefficient (Wildman–Crippen LogP) is 3.62. The highest BCUT2D eigenvalue weighted by atomic mass is 19.1. The van der Waals surface area contributed by atoms with Gasteiger partial charge in [0.25, 0.3) is 0 Å². The molecule has 4 atom stereocenters. The summed E-state index contributed by atoms with van der Waals surface area (Å²) in [7, 11) is 0. The van der Waals surface area contributed by atoms with E-state index in [0.29, 0.717) is 0 Å². The number of hydrogen-bond acceptors (Lipinski definition) is 4. The lowest BCUT2D eigenvalue weighted by molar-refractivity contribution is -0.150. The van der Waals surface area contributed by atoms with Crippen LogP contribution in [0.5, 0.6) is 0 Å². The Labute approximate surface area is 193 Å². The maximum atomic E-state index is 13.4. The molecule has 0 radical (unpaired) electrons. The average Bonchev–Trinajstić information content (AvgIpc) is 3.62. The Morgan fingerprint density at radius 1 is 1.06 bits per heavy atom. The summed E-state index contributed by atoms with van der Waals surface area (Å²) >= 11 is 0. The fraction of sp³-hybridized carbons (Fsp3) is 0.423. The molecule has 2 aromatic carbocycles. The van der Waals surface area contributed by atoms with Gasteiger partial charge in [0, 0.05) is 18.4 Å². The molecule has 2 aromatic rings. The van der Waals surface area contributed by atoms with Crippen molar-refractivity contribution in [1.29, 1.82) is 0 Å². The van der Waals surface area contributed by atoms with Crippen molar-refractivity contribution in [2.45, 2.75) is 45.3 Å². The number of hydrogen-bond donors (Lipinski definition) is 1. The standard InChI is InChI=1S/C26H29FN2O4/c1-3-33-26(32)21-16(2)22(24(30)28-15-17-9-13-20(27)14-10-17)29(25(31)19-11-12-19)23(21)18-7-5-4-6-8-18/h4-10,13-14,16,19,21-23H,3,11-12,15H2,1-2H3,(H,28,30). The molecule has 33 heavy (non-hydrogen) atoms. The molecule has 2 aliphatic rings. The first-order chi connectivity index (χ1) is 15.9. The molecule has 7 heteroatoms. The third-order valence-electron chi connectivity index (χ3n) is 6.53. The summed E-state index contributed by atoms with van der Waals surface area (Å²) in [6.45, 7) is 4.00. The van der Waals surface area contributed by atoms with Crippen molar-refractivity contribution < 1.29 is 23.5 Å². The van der Waals surface area contributed by atoms with Gasteiger partial charge in [-0.1, -0.05) is 49.4 Å². The number of amides is 2. The molecule has 2 amide bonds. The summed E-state index contributed by atoms with van der Waals surface area (Å²) < 4.78 is 18.6. The summed E-state index contributed by atoms with van der Waals surface area (Å²) in [4.78, 5) is 41.5. The molecular weight excluding hydrogens is 423 g/mol. The number of benzene rings is 2. The van der Waals surface area contributed by atoms with Gasteiger partial charge in [-0.25, -0.2) is 4.39 Å². The van der Waals surface area contributed by atoms with Crippen LogP contribution >= 0.6 is 0 Å². The van der Waals surface area contributed by atoms with E-state index >= 15 is 0 Å². The number of nitrogens with one attached hydrogen (secondary N) is 1. The van der Waals surface area contributed by atoms with Crippen LogP contribution in [0.4, 0.5) is 4.39 Å². The Morgan fingerprint density at radius 3 is 2.33 bits per heavy atom. The second-order valence-electron chi connectivity index (χ2n) is 8.80. The van der Waals surface area contributed by atoms with Crippen LogP contribution in [0, 0.1) is 23.6 Å². The van der Waals surface area contributed by atoms with Gasteiger partial charge in [-0.15, -0.1) is 0 Å². The lowest BCUT2D eigenvalue weighted by atomic mass is 9.85. The van der Waals surface area contributed by atoms with E-state index in [1.807, 2.05) is 37.3 Å². The molecule has 4 unspecified atom stereocenters. The van der Waals surface area contributed by atoms with E-state index in [1.165, 1.54) is 12.1 Å². The summed E-state index contributed by atoms with van der Waals surface area (Å²) in [5.41, 5.74) is 1.56. The van der Waals surface area contributed by atoms with Crippen molar-refractivity contribution in [1.82, 2.24) is 10.2 Å². The second kappa shape index (κ2) is 9.73. The van der Waals surface area contributed by atoms with Crippen LogP contribution in [-0.2, 0) is 25.7 Å². The van der Waals surface area contributed by atoms with Gasteiger partial charge in [-0.3, -0.25) is 14.4 Å². The molecule has 0 aromatic heterocycles. The zero-order chi connectivity index (χ0) is 23.5. The Balaban J connectivity index is 1.67. The average molecular weight is 453 g/mol. The SMILES string of the molecule is CCOC(=O)C1C(C)C(C(=O)NCc2ccc(F)cc2)N(C(=O)C2CC2)C1c1ccccc1. The minimum Gasteiger partial charge on any atom is -0.466 e. The van der Waals surface area contributed by atoms with Crippen LogP contribution < -0.4 is 5.32 Å². The Kier molecular flexibility index (Phi) is 6.77. The molecule has 0 bridgehead atoms. The smallest absolute Gasteiger partial charge is 0.311 e. The van der Waals surface area contributed by atoms with Crippen molar-refractivity contribution in [2.24, 2.45) is 17.8 Å². The fourth-order valence-electron chi connectivity index (χ4n) is 4.76. The molecule has 1 saturated carbocycles. The maximum absolute atomic E-state index is 13.4. The van der Waals surface area contributed by atoms with E-state index in [9.17, 15) is 18.8 Å². The van der Waals surface area contributed by atoms with Crippen LogP contribution in [0.2, 0.25) is 0 Å². The first-order valence-corrected chi connectivity index (χ1v) is 11.5. The van der Waals surface area contributed by atoms with Crippen molar-refractivity contribution in [3.63, 3.8) is 0 Å². The van der Waals surface area contributed by atoms with Gasteiger partial charge >= 0.3 is 5.97 Å². The maximum Gasteiger partial charge on any atom is 0.311 e. The molecule has 0 spiro atoms. The van der Waals surface area contributed by atoms with E-state index in [0.717, 1.165) is 24.0 Å². The van der Waals surface area contributed by atoms with Crippen LogP contribution in [0.15, 0.2) is 54.6 Å². The van der Waals surface area contributed by atoms with Crippen LogP contribution in [-0.4, -0.2) is 35.3 Å². The van der Waals surface area contributed by atoms with Gasteiger partial charge in [-0.2, -0.15) is 0 Å². The molecule has 1 aliphatic carbocycles. The van der Waals surface area contributed by atoms with Crippen molar-refractivity contribution >= 4 is 17.8 Å². The molecule has 174 valence electrons. The van der Waals surface area contributed by atoms with E-state index in [2.05, 4.69) is 5.32 Å². The minimum absolute atomic E-state index is 0.0931. The van der Waals surface area contributed by atoms with Gasteiger partial charge in [0.1, 0.15) is 11.9 Å². The number of rotatable bonds is 7. The highest BCUT2D eigenvalue weighted by Gasteiger charge is 2.57. The third kappa shape index (κ3) is 4.77. The molecular formula is C26H29FN2O4. The predicted molar refractivity (Wildman–Crippen MR) is 120 cm³/mol. The molecule has 1 saturated heterocycles. The minimum atomic E-state index is -0.807. The number of esters is 1. The largest absolute Gasteiger partial charge is 0.466 e. The van der Waals surface area contributed by atoms with Crippen molar-refractivity contribution in [2.75, 3.05) is 6.61 Å². The highest BCUT2D eigenvalue weighted by molar-refractivity contribution is 5.92.